The molecule has 0 fully saturated rings. The minimum absolute atomic E-state index is 0.147. The standard InChI is InChI=1S/C7H14OSi2/c9-8-10-6-7-4-2-1-3-5-7/h1-4,7H,5-6,10H2,9H3. The lowest BCUT2D eigenvalue weighted by Gasteiger charge is -2.10. The second-order valence-corrected chi connectivity index (χ2v) is 5.89. The van der Waals surface area contributed by atoms with E-state index < -0.39 is 0 Å². The van der Waals surface area contributed by atoms with Gasteiger partial charge in [-0.05, 0) is 18.4 Å². The van der Waals surface area contributed by atoms with E-state index in [9.17, 15) is 0 Å². The third-order valence-electron chi connectivity index (χ3n) is 1.76. The Morgan fingerprint density at radius 3 is 3.10 bits per heavy atom. The van der Waals surface area contributed by atoms with E-state index in [0.717, 1.165) is 16.4 Å². The molecule has 0 aliphatic heterocycles. The first-order valence-electron chi connectivity index (χ1n) is 3.76. The van der Waals surface area contributed by atoms with Gasteiger partial charge >= 0.3 is 0 Å². The van der Waals surface area contributed by atoms with Gasteiger partial charge < -0.3 is 4.12 Å². The zero-order valence-corrected chi connectivity index (χ0v) is 9.83. The Kier molecular flexibility index (Phi) is 3.71. The largest absolute Gasteiger partial charge is 0.468 e. The number of allylic oxidation sites excluding steroid dienone is 4. The summed E-state index contributed by atoms with van der Waals surface area (Å²) in [5.74, 6) is 0.797. The van der Waals surface area contributed by atoms with Crippen LogP contribution in [0.3, 0.4) is 0 Å². The van der Waals surface area contributed by atoms with E-state index >= 15 is 0 Å². The highest BCUT2D eigenvalue weighted by atomic mass is 28.3. The third-order valence-corrected chi connectivity index (χ3v) is 4.37. The normalized spacial score (nSPS) is 25.0. The molecule has 1 aliphatic carbocycles. The van der Waals surface area contributed by atoms with Crippen molar-refractivity contribution < 1.29 is 4.12 Å². The quantitative estimate of drug-likeness (QED) is 0.538. The van der Waals surface area contributed by atoms with Crippen molar-refractivity contribution in [3.63, 3.8) is 0 Å². The summed E-state index contributed by atoms with van der Waals surface area (Å²) in [4.78, 5) is 0. The summed E-state index contributed by atoms with van der Waals surface area (Å²) < 4.78 is 5.26. The summed E-state index contributed by atoms with van der Waals surface area (Å²) in [6.07, 6.45) is 10.0. The molecule has 0 bridgehead atoms. The van der Waals surface area contributed by atoms with Gasteiger partial charge in [0.2, 0.25) is 0 Å². The van der Waals surface area contributed by atoms with Crippen LogP contribution in [0.15, 0.2) is 24.3 Å². The predicted octanol–water partition coefficient (Wildman–Crippen LogP) is -0.0822. The zero-order valence-electron chi connectivity index (χ0n) is 6.42. The molecule has 0 aromatic rings. The van der Waals surface area contributed by atoms with Crippen LogP contribution in [0.4, 0.5) is 0 Å². The van der Waals surface area contributed by atoms with Gasteiger partial charge in [-0.3, -0.25) is 0 Å². The fraction of sp³-hybridized carbons (Fsp3) is 0.429. The van der Waals surface area contributed by atoms with Crippen molar-refractivity contribution in [2.24, 2.45) is 5.92 Å². The van der Waals surface area contributed by atoms with Gasteiger partial charge in [0.1, 0.15) is 20.2 Å². The molecule has 10 heavy (non-hydrogen) atoms. The second kappa shape index (κ2) is 4.65. The molecule has 0 radical (unpaired) electrons. The first-order chi connectivity index (χ1) is 4.93. The molecule has 0 saturated carbocycles. The van der Waals surface area contributed by atoms with E-state index in [2.05, 4.69) is 24.3 Å². The van der Waals surface area contributed by atoms with Crippen LogP contribution < -0.4 is 0 Å². The topological polar surface area (TPSA) is 9.23 Å². The van der Waals surface area contributed by atoms with Gasteiger partial charge in [0.25, 0.3) is 0 Å². The molecule has 1 aliphatic rings. The first kappa shape index (κ1) is 7.98. The molecule has 1 atom stereocenters. The van der Waals surface area contributed by atoms with E-state index in [1.807, 2.05) is 0 Å². The lowest BCUT2D eigenvalue weighted by Crippen LogP contribution is -2.03. The van der Waals surface area contributed by atoms with Gasteiger partial charge in [-0.15, -0.1) is 0 Å². The van der Waals surface area contributed by atoms with E-state index in [1.54, 1.807) is 0 Å². The fourth-order valence-electron chi connectivity index (χ4n) is 1.12. The van der Waals surface area contributed by atoms with Crippen LogP contribution in [0.1, 0.15) is 6.42 Å². The Bertz CT molecular complexity index is 143. The number of hydrogen-bond acceptors (Lipinski definition) is 1. The molecule has 1 unspecified atom stereocenters. The van der Waals surface area contributed by atoms with Crippen LogP contribution in [-0.2, 0) is 4.12 Å². The van der Waals surface area contributed by atoms with E-state index in [-0.39, 0.29) is 9.76 Å². The molecule has 0 N–H and O–H groups in total. The molecule has 0 aromatic heterocycles. The molecule has 0 spiro atoms. The van der Waals surface area contributed by atoms with Crippen molar-refractivity contribution >= 4 is 20.2 Å². The highest BCUT2D eigenvalue weighted by Crippen LogP contribution is 2.14. The molecule has 56 valence electrons. The maximum atomic E-state index is 5.26. The van der Waals surface area contributed by atoms with Gasteiger partial charge in [0.05, 0.1) is 0 Å². The summed E-state index contributed by atoms with van der Waals surface area (Å²) in [6.45, 7) is 0. The summed E-state index contributed by atoms with van der Waals surface area (Å²) in [5, 5.41) is 0. The smallest absolute Gasteiger partial charge is 0.146 e. The minimum Gasteiger partial charge on any atom is -0.468 e. The van der Waals surface area contributed by atoms with Crippen molar-refractivity contribution in [1.82, 2.24) is 0 Å². The SMILES string of the molecule is [SiH3]O[SiH2]CC1C=CC=CC1. The lowest BCUT2D eigenvalue weighted by atomic mass is 10.0. The molecule has 0 aromatic carbocycles. The van der Waals surface area contributed by atoms with E-state index in [1.165, 1.54) is 12.5 Å². The highest BCUT2D eigenvalue weighted by molar-refractivity contribution is 6.34. The average molecular weight is 170 g/mol. The van der Waals surface area contributed by atoms with Gasteiger partial charge in [0.15, 0.2) is 0 Å². The van der Waals surface area contributed by atoms with Crippen LogP contribution in [0.5, 0.6) is 0 Å². The molecule has 0 amide bonds. The van der Waals surface area contributed by atoms with E-state index in [0.29, 0.717) is 0 Å². The van der Waals surface area contributed by atoms with Crippen LogP contribution in [0.2, 0.25) is 6.04 Å². The maximum absolute atomic E-state index is 5.26. The Morgan fingerprint density at radius 1 is 1.60 bits per heavy atom. The van der Waals surface area contributed by atoms with Gasteiger partial charge in [-0.2, -0.15) is 0 Å². The van der Waals surface area contributed by atoms with Crippen LogP contribution >= 0.6 is 0 Å². The lowest BCUT2D eigenvalue weighted by molar-refractivity contribution is 0.627. The summed E-state index contributed by atoms with van der Waals surface area (Å²) in [5.41, 5.74) is 0. The monoisotopic (exact) mass is 170 g/mol. The average Bonchev–Trinajstić information content (AvgIpc) is 2.03. The predicted molar refractivity (Wildman–Crippen MR) is 50.8 cm³/mol. The fourth-order valence-corrected chi connectivity index (χ4v) is 2.79. The summed E-state index contributed by atoms with van der Waals surface area (Å²) in [6, 6.07) is 1.32. The summed E-state index contributed by atoms with van der Waals surface area (Å²) in [7, 11) is 0.792. The number of hydrogen-bond donors (Lipinski definition) is 0. The van der Waals surface area contributed by atoms with Gasteiger partial charge in [-0.1, -0.05) is 24.3 Å². The second-order valence-electron chi connectivity index (χ2n) is 2.59. The van der Waals surface area contributed by atoms with E-state index in [4.69, 9.17) is 4.12 Å². The minimum atomic E-state index is -0.147. The third kappa shape index (κ3) is 2.64. The van der Waals surface area contributed by atoms with Crippen molar-refractivity contribution in [1.29, 1.82) is 0 Å². The molecule has 0 heterocycles. The zero-order chi connectivity index (χ0) is 7.23. The first-order valence-corrected chi connectivity index (χ1v) is 6.15. The van der Waals surface area contributed by atoms with Gasteiger partial charge in [0, 0.05) is 0 Å². The van der Waals surface area contributed by atoms with Gasteiger partial charge in [-0.25, -0.2) is 0 Å². The maximum Gasteiger partial charge on any atom is 0.146 e. The van der Waals surface area contributed by atoms with Crippen molar-refractivity contribution in [3.8, 4) is 0 Å². The molecule has 1 nitrogen and oxygen atoms in total. The Balaban J connectivity index is 2.17. The van der Waals surface area contributed by atoms with Crippen molar-refractivity contribution in [3.05, 3.63) is 24.3 Å². The molecule has 0 saturated heterocycles. The Morgan fingerprint density at radius 2 is 2.50 bits per heavy atom. The molecule has 3 heteroatoms. The summed E-state index contributed by atoms with van der Waals surface area (Å²) >= 11 is 0. The van der Waals surface area contributed by atoms with Crippen LogP contribution in [-0.4, -0.2) is 20.2 Å². The van der Waals surface area contributed by atoms with Crippen molar-refractivity contribution in [2.75, 3.05) is 0 Å². The highest BCUT2D eigenvalue weighted by Gasteiger charge is 2.03. The number of rotatable bonds is 3. The van der Waals surface area contributed by atoms with Crippen LogP contribution in [0, 0.1) is 5.92 Å². The Labute approximate surface area is 67.6 Å². The van der Waals surface area contributed by atoms with Crippen molar-refractivity contribution in [2.45, 2.75) is 12.5 Å². The molecule has 1 rings (SSSR count). The van der Waals surface area contributed by atoms with Crippen LogP contribution in [0.25, 0.3) is 0 Å². The molecular formula is C7H14OSi2. The molecular weight excluding hydrogens is 156 g/mol. The Hall–Kier alpha value is -0.126.